The van der Waals surface area contributed by atoms with Crippen LogP contribution in [0.4, 0.5) is 5.69 Å². The Hall–Kier alpha value is -3.12. The highest BCUT2D eigenvalue weighted by molar-refractivity contribution is 7.13. The minimum absolute atomic E-state index is 0.265. The molecule has 3 heterocycles. The van der Waals surface area contributed by atoms with Gasteiger partial charge in [-0.05, 0) is 24.3 Å². The van der Waals surface area contributed by atoms with E-state index in [4.69, 9.17) is 0 Å². The van der Waals surface area contributed by atoms with Crippen molar-refractivity contribution >= 4 is 33.8 Å². The Labute approximate surface area is 142 Å². The first-order valence-corrected chi connectivity index (χ1v) is 8.20. The molecule has 0 unspecified atom stereocenters. The van der Waals surface area contributed by atoms with Crippen LogP contribution in [0.15, 0.2) is 66.4 Å². The maximum Gasteiger partial charge on any atom is 0.274 e. The van der Waals surface area contributed by atoms with Gasteiger partial charge in [0.05, 0.1) is 17.4 Å². The molecule has 0 aliphatic carbocycles. The highest BCUT2D eigenvalue weighted by Gasteiger charge is 2.12. The van der Waals surface area contributed by atoms with Gasteiger partial charge in [0.1, 0.15) is 10.7 Å². The predicted octanol–water partition coefficient (Wildman–Crippen LogP) is 4.01. The molecular weight excluding hydrogens is 320 g/mol. The molecule has 1 N–H and O–H groups in total. The average Bonchev–Trinajstić information content (AvgIpc) is 3.16. The van der Waals surface area contributed by atoms with Gasteiger partial charge >= 0.3 is 0 Å². The van der Waals surface area contributed by atoms with Crippen molar-refractivity contribution in [2.24, 2.45) is 0 Å². The van der Waals surface area contributed by atoms with E-state index in [2.05, 4.69) is 20.3 Å². The Morgan fingerprint density at radius 2 is 2.00 bits per heavy atom. The highest BCUT2D eigenvalue weighted by atomic mass is 32.1. The molecule has 5 nitrogen and oxygen atoms in total. The van der Waals surface area contributed by atoms with Gasteiger partial charge in [0.25, 0.3) is 5.91 Å². The van der Waals surface area contributed by atoms with Gasteiger partial charge in [0.15, 0.2) is 0 Å². The number of hydrogen-bond acceptors (Lipinski definition) is 5. The maximum atomic E-state index is 12.4. The molecule has 0 bridgehead atoms. The number of benzene rings is 1. The van der Waals surface area contributed by atoms with Crippen LogP contribution in [0.5, 0.6) is 0 Å². The molecule has 4 aromatic rings. The summed E-state index contributed by atoms with van der Waals surface area (Å²) >= 11 is 1.55. The number of nitrogens with one attached hydrogen (secondary N) is 1. The van der Waals surface area contributed by atoms with Crippen molar-refractivity contribution in [3.05, 3.63) is 72.1 Å². The third-order valence-corrected chi connectivity index (χ3v) is 4.34. The fourth-order valence-electron chi connectivity index (χ4n) is 2.43. The van der Waals surface area contributed by atoms with Crippen LogP contribution >= 0.6 is 11.3 Å². The van der Waals surface area contributed by atoms with Gasteiger partial charge in [0.2, 0.25) is 0 Å². The van der Waals surface area contributed by atoms with E-state index in [1.54, 1.807) is 48.1 Å². The first-order chi connectivity index (χ1) is 11.8. The topological polar surface area (TPSA) is 67.8 Å². The molecule has 0 fully saturated rings. The number of para-hydroxylation sites is 1. The number of anilines is 1. The van der Waals surface area contributed by atoms with Gasteiger partial charge in [-0.1, -0.05) is 18.2 Å². The number of thiazole rings is 1. The summed E-state index contributed by atoms with van der Waals surface area (Å²) in [5, 5.41) is 6.58. The molecule has 6 heteroatoms. The lowest BCUT2D eigenvalue weighted by molar-refractivity contribution is 0.102. The molecule has 3 aromatic heterocycles. The second-order valence-corrected chi connectivity index (χ2v) is 6.00. The summed E-state index contributed by atoms with van der Waals surface area (Å²) in [5.74, 6) is -0.265. The standard InChI is InChI=1S/C18H12N4OS/c23-17(21-13-4-2-8-19-11-13)15-7-6-12-3-1-5-14(16(12)22-15)18-20-9-10-24-18/h1-11H,(H,21,23). The molecule has 0 saturated heterocycles. The van der Waals surface area contributed by atoms with Crippen molar-refractivity contribution in [1.29, 1.82) is 0 Å². The number of pyridine rings is 2. The van der Waals surface area contributed by atoms with Crippen molar-refractivity contribution in [3.63, 3.8) is 0 Å². The highest BCUT2D eigenvalue weighted by Crippen LogP contribution is 2.28. The van der Waals surface area contributed by atoms with Crippen molar-refractivity contribution in [2.75, 3.05) is 5.32 Å². The molecule has 0 atom stereocenters. The van der Waals surface area contributed by atoms with Gasteiger partial charge in [-0.15, -0.1) is 11.3 Å². The van der Waals surface area contributed by atoms with Gasteiger partial charge < -0.3 is 5.32 Å². The number of nitrogens with zero attached hydrogens (tertiary/aromatic N) is 3. The summed E-state index contributed by atoms with van der Waals surface area (Å²) < 4.78 is 0. The largest absolute Gasteiger partial charge is 0.319 e. The van der Waals surface area contributed by atoms with Crippen LogP contribution in [-0.4, -0.2) is 20.9 Å². The summed E-state index contributed by atoms with van der Waals surface area (Å²) in [4.78, 5) is 25.3. The summed E-state index contributed by atoms with van der Waals surface area (Å²) in [6.45, 7) is 0. The minimum Gasteiger partial charge on any atom is -0.319 e. The Bertz CT molecular complexity index is 1000. The predicted molar refractivity (Wildman–Crippen MR) is 95.0 cm³/mol. The number of carbonyl (C=O) groups excluding carboxylic acids is 1. The third kappa shape index (κ3) is 2.75. The van der Waals surface area contributed by atoms with E-state index in [0.29, 0.717) is 11.4 Å². The quantitative estimate of drug-likeness (QED) is 0.615. The van der Waals surface area contributed by atoms with Crippen LogP contribution in [0.3, 0.4) is 0 Å². The van der Waals surface area contributed by atoms with Crippen molar-refractivity contribution in [2.45, 2.75) is 0 Å². The number of aromatic nitrogens is 3. The van der Waals surface area contributed by atoms with Crippen LogP contribution < -0.4 is 5.32 Å². The first-order valence-electron chi connectivity index (χ1n) is 7.32. The number of amides is 1. The molecule has 116 valence electrons. The summed E-state index contributed by atoms with van der Waals surface area (Å²) in [5.41, 5.74) is 2.69. The lowest BCUT2D eigenvalue weighted by Gasteiger charge is -2.07. The zero-order valence-corrected chi connectivity index (χ0v) is 13.3. The SMILES string of the molecule is O=C(Nc1cccnc1)c1ccc2cccc(-c3nccs3)c2n1. The van der Waals surface area contributed by atoms with Gasteiger partial charge in [0, 0.05) is 28.7 Å². The number of rotatable bonds is 3. The van der Waals surface area contributed by atoms with Crippen LogP contribution in [0, 0.1) is 0 Å². The van der Waals surface area contributed by atoms with E-state index < -0.39 is 0 Å². The zero-order valence-electron chi connectivity index (χ0n) is 12.5. The lowest BCUT2D eigenvalue weighted by Crippen LogP contribution is -2.13. The molecule has 0 aliphatic heterocycles. The Balaban J connectivity index is 1.75. The molecule has 0 radical (unpaired) electrons. The van der Waals surface area contributed by atoms with E-state index in [-0.39, 0.29) is 5.91 Å². The molecule has 24 heavy (non-hydrogen) atoms. The Morgan fingerprint density at radius 1 is 1.04 bits per heavy atom. The maximum absolute atomic E-state index is 12.4. The smallest absolute Gasteiger partial charge is 0.274 e. The molecule has 0 aliphatic rings. The lowest BCUT2D eigenvalue weighted by atomic mass is 10.1. The van der Waals surface area contributed by atoms with Crippen molar-refractivity contribution in [1.82, 2.24) is 15.0 Å². The molecule has 0 saturated carbocycles. The van der Waals surface area contributed by atoms with Crippen LogP contribution in [0.2, 0.25) is 0 Å². The molecule has 0 spiro atoms. The number of carbonyl (C=O) groups is 1. The van der Waals surface area contributed by atoms with E-state index >= 15 is 0 Å². The second kappa shape index (κ2) is 6.17. The summed E-state index contributed by atoms with van der Waals surface area (Å²) in [6, 6.07) is 13.1. The van der Waals surface area contributed by atoms with E-state index in [1.807, 2.05) is 29.6 Å². The van der Waals surface area contributed by atoms with Gasteiger partial charge in [-0.2, -0.15) is 0 Å². The fraction of sp³-hybridized carbons (Fsp3) is 0. The zero-order chi connectivity index (χ0) is 16.4. The van der Waals surface area contributed by atoms with Gasteiger partial charge in [-0.3, -0.25) is 9.78 Å². The number of fused-ring (bicyclic) bond motifs is 1. The third-order valence-electron chi connectivity index (χ3n) is 3.54. The van der Waals surface area contributed by atoms with Crippen molar-refractivity contribution in [3.8, 4) is 10.6 Å². The first kappa shape index (κ1) is 14.5. The van der Waals surface area contributed by atoms with Gasteiger partial charge in [-0.25, -0.2) is 9.97 Å². The Kier molecular flexibility index (Phi) is 3.72. The minimum atomic E-state index is -0.265. The molecule has 1 aromatic carbocycles. The van der Waals surface area contributed by atoms with E-state index in [0.717, 1.165) is 21.5 Å². The van der Waals surface area contributed by atoms with E-state index in [9.17, 15) is 4.79 Å². The second-order valence-electron chi connectivity index (χ2n) is 5.11. The monoisotopic (exact) mass is 332 g/mol. The summed E-state index contributed by atoms with van der Waals surface area (Å²) in [6.07, 6.45) is 5.02. The number of hydrogen-bond donors (Lipinski definition) is 1. The van der Waals surface area contributed by atoms with Crippen molar-refractivity contribution < 1.29 is 4.79 Å². The molecule has 4 rings (SSSR count). The van der Waals surface area contributed by atoms with E-state index in [1.165, 1.54) is 0 Å². The Morgan fingerprint density at radius 3 is 2.79 bits per heavy atom. The van der Waals surface area contributed by atoms with Crippen LogP contribution in [0.25, 0.3) is 21.5 Å². The summed E-state index contributed by atoms with van der Waals surface area (Å²) in [7, 11) is 0. The normalized spacial score (nSPS) is 10.7. The fourth-order valence-corrected chi connectivity index (χ4v) is 3.10. The average molecular weight is 332 g/mol. The van der Waals surface area contributed by atoms with Crippen LogP contribution in [-0.2, 0) is 0 Å². The molecular formula is C18H12N4OS. The van der Waals surface area contributed by atoms with Crippen LogP contribution in [0.1, 0.15) is 10.5 Å². The molecule has 1 amide bonds.